The van der Waals surface area contributed by atoms with E-state index in [1.807, 2.05) is 5.32 Å². The highest BCUT2D eigenvalue weighted by Crippen LogP contribution is 2.40. The lowest BCUT2D eigenvalue weighted by Gasteiger charge is -2.32. The first-order valence-electron chi connectivity index (χ1n) is 7.72. The number of rotatable bonds is 4. The molecule has 0 saturated carbocycles. The Bertz CT molecular complexity index is 837. The Labute approximate surface area is 159 Å². The lowest BCUT2D eigenvalue weighted by atomic mass is 10.1. The first kappa shape index (κ1) is 21.7. The molecule has 27 heavy (non-hydrogen) atoms. The maximum atomic E-state index is 12.8. The molecule has 0 bridgehead atoms. The third-order valence-electron chi connectivity index (χ3n) is 4.05. The summed E-state index contributed by atoms with van der Waals surface area (Å²) >= 11 is 6.24. The molecule has 2 N–H and O–H groups in total. The minimum Gasteiger partial charge on any atom is -0.378 e. The van der Waals surface area contributed by atoms with Crippen LogP contribution < -0.4 is 10.2 Å². The van der Waals surface area contributed by atoms with Gasteiger partial charge in [-0.2, -0.15) is 13.2 Å². The van der Waals surface area contributed by atoms with Crippen LogP contribution in [-0.2, 0) is 19.4 Å². The second kappa shape index (κ2) is 7.46. The van der Waals surface area contributed by atoms with Crippen LogP contribution in [0.4, 0.5) is 24.5 Å². The largest absolute Gasteiger partial charge is 0.426 e. The van der Waals surface area contributed by atoms with Gasteiger partial charge in [-0.25, -0.2) is 8.42 Å². The molecule has 1 amide bonds. The summed E-state index contributed by atoms with van der Waals surface area (Å²) in [7, 11) is -3.71. The van der Waals surface area contributed by atoms with Crippen LogP contribution in [0.3, 0.4) is 0 Å². The fraction of sp³-hybridized carbons (Fsp3) is 0.533. The third kappa shape index (κ3) is 4.48. The van der Waals surface area contributed by atoms with Gasteiger partial charge >= 0.3 is 6.18 Å². The average molecular weight is 431 g/mol. The van der Waals surface area contributed by atoms with Crippen LogP contribution in [0.25, 0.3) is 0 Å². The minimum absolute atomic E-state index is 0.0620. The summed E-state index contributed by atoms with van der Waals surface area (Å²) in [6, 6.07) is 2.22. The van der Waals surface area contributed by atoms with E-state index in [0.29, 0.717) is 33.2 Å². The van der Waals surface area contributed by atoms with Crippen LogP contribution in [0.5, 0.6) is 0 Å². The van der Waals surface area contributed by atoms with E-state index in [-0.39, 0.29) is 21.3 Å². The molecule has 1 aromatic rings. The van der Waals surface area contributed by atoms with Gasteiger partial charge in [0, 0.05) is 19.3 Å². The molecule has 1 heterocycles. The Morgan fingerprint density at radius 3 is 2.33 bits per heavy atom. The zero-order valence-corrected chi connectivity index (χ0v) is 16.0. The molecule has 0 aliphatic carbocycles. The van der Waals surface area contributed by atoms with E-state index in [2.05, 4.69) is 0 Å². The number of anilines is 2. The van der Waals surface area contributed by atoms with Crippen molar-refractivity contribution < 1.29 is 36.2 Å². The van der Waals surface area contributed by atoms with E-state index < -0.39 is 27.5 Å². The average Bonchev–Trinajstić information content (AvgIpc) is 2.55. The van der Waals surface area contributed by atoms with E-state index in [0.717, 1.165) is 18.4 Å². The molecule has 1 aromatic carbocycles. The molecule has 2 rings (SSSR count). The smallest absolute Gasteiger partial charge is 0.378 e. The van der Waals surface area contributed by atoms with Gasteiger partial charge in [-0.3, -0.25) is 4.79 Å². The van der Waals surface area contributed by atoms with Gasteiger partial charge in [-0.15, -0.1) is 0 Å². The maximum absolute atomic E-state index is 12.8. The molecule has 1 fully saturated rings. The van der Waals surface area contributed by atoms with Crippen LogP contribution in [0.1, 0.15) is 6.92 Å². The van der Waals surface area contributed by atoms with Gasteiger partial charge in [0.15, 0.2) is 9.84 Å². The summed E-state index contributed by atoms with van der Waals surface area (Å²) in [6.07, 6.45) is -4.24. The maximum Gasteiger partial charge on any atom is 0.426 e. The van der Waals surface area contributed by atoms with Gasteiger partial charge < -0.3 is 20.1 Å². The van der Waals surface area contributed by atoms with Gasteiger partial charge in [0.25, 0.3) is 5.91 Å². The Hall–Kier alpha value is -1.56. The molecule has 1 saturated heterocycles. The standard InChI is InChI=1S/C15H18ClF3N2O5S/c1-14(23,15(17,18)19)13(22)20-9-3-4-10(27(2,24)25)12(11(9)16)21-5-7-26-8-6-21/h3-4,23H,5-8H2,1-2H3,(H,20,22)/t14-/m1/s1. The molecule has 7 nitrogen and oxygen atoms in total. The molecule has 0 radical (unpaired) electrons. The van der Waals surface area contributed by atoms with E-state index in [4.69, 9.17) is 16.3 Å². The molecule has 1 aliphatic heterocycles. The predicted octanol–water partition coefficient (Wildman–Crippen LogP) is 1.83. The quantitative estimate of drug-likeness (QED) is 0.756. The van der Waals surface area contributed by atoms with Crippen molar-refractivity contribution in [3.63, 3.8) is 0 Å². The highest BCUT2D eigenvalue weighted by atomic mass is 35.5. The molecular weight excluding hydrogens is 413 g/mol. The van der Waals surface area contributed by atoms with Crippen molar-refractivity contribution in [1.82, 2.24) is 0 Å². The number of nitrogens with one attached hydrogen (secondary N) is 1. The number of hydrogen-bond donors (Lipinski definition) is 2. The number of amides is 1. The summed E-state index contributed by atoms with van der Waals surface area (Å²) in [5, 5.41) is 11.1. The van der Waals surface area contributed by atoms with Crippen LogP contribution in [0.2, 0.25) is 5.02 Å². The van der Waals surface area contributed by atoms with Crippen molar-refractivity contribution in [3.05, 3.63) is 17.2 Å². The van der Waals surface area contributed by atoms with Gasteiger partial charge in [-0.05, 0) is 19.1 Å². The lowest BCUT2D eigenvalue weighted by Crippen LogP contribution is -2.52. The summed E-state index contributed by atoms with van der Waals surface area (Å²) in [5.41, 5.74) is -3.84. The Kier molecular flexibility index (Phi) is 6.00. The highest BCUT2D eigenvalue weighted by molar-refractivity contribution is 7.90. The van der Waals surface area contributed by atoms with E-state index in [1.165, 1.54) is 0 Å². The first-order valence-corrected chi connectivity index (χ1v) is 9.99. The molecule has 0 spiro atoms. The number of nitrogens with zero attached hydrogens (tertiary/aromatic N) is 1. The van der Waals surface area contributed by atoms with Crippen LogP contribution in [0.15, 0.2) is 17.0 Å². The fourth-order valence-electron chi connectivity index (χ4n) is 2.40. The molecule has 1 atom stereocenters. The van der Waals surface area contributed by atoms with E-state index in [1.54, 1.807) is 4.90 Å². The normalized spacial score (nSPS) is 18.1. The van der Waals surface area contributed by atoms with Crippen molar-refractivity contribution >= 4 is 38.7 Å². The van der Waals surface area contributed by atoms with Crippen LogP contribution in [-0.4, -0.2) is 63.8 Å². The first-order chi connectivity index (χ1) is 12.3. The second-order valence-electron chi connectivity index (χ2n) is 6.17. The van der Waals surface area contributed by atoms with Gasteiger partial charge in [0.05, 0.1) is 34.5 Å². The van der Waals surface area contributed by atoms with Crippen molar-refractivity contribution in [2.24, 2.45) is 0 Å². The number of morpholine rings is 1. The number of carbonyl (C=O) groups excluding carboxylic acids is 1. The zero-order valence-electron chi connectivity index (χ0n) is 14.4. The van der Waals surface area contributed by atoms with Crippen molar-refractivity contribution in [2.75, 3.05) is 42.8 Å². The number of sulfone groups is 1. The van der Waals surface area contributed by atoms with Gasteiger partial charge in [-0.1, -0.05) is 11.6 Å². The zero-order chi connectivity index (χ0) is 20.6. The van der Waals surface area contributed by atoms with Crippen LogP contribution >= 0.6 is 11.6 Å². The SMILES string of the molecule is C[C@@](O)(C(=O)Nc1ccc(S(C)(=O)=O)c(N2CCOCC2)c1Cl)C(F)(F)F. The van der Waals surface area contributed by atoms with Crippen molar-refractivity contribution in [3.8, 4) is 0 Å². The van der Waals surface area contributed by atoms with E-state index in [9.17, 15) is 31.5 Å². The summed E-state index contributed by atoms with van der Waals surface area (Å²) in [6.45, 7) is 1.53. The Morgan fingerprint density at radius 2 is 1.85 bits per heavy atom. The van der Waals surface area contributed by atoms with Gasteiger partial charge in [0.1, 0.15) is 0 Å². The summed E-state index contributed by atoms with van der Waals surface area (Å²) in [4.78, 5) is 13.4. The number of alkyl halides is 3. The lowest BCUT2D eigenvalue weighted by molar-refractivity contribution is -0.242. The number of halogens is 4. The van der Waals surface area contributed by atoms with E-state index >= 15 is 0 Å². The highest BCUT2D eigenvalue weighted by Gasteiger charge is 2.55. The molecule has 0 unspecified atom stereocenters. The minimum atomic E-state index is -5.21. The van der Waals surface area contributed by atoms with Gasteiger partial charge in [0.2, 0.25) is 5.60 Å². The molecule has 0 aromatic heterocycles. The van der Waals surface area contributed by atoms with Crippen molar-refractivity contribution in [2.45, 2.75) is 23.6 Å². The number of benzene rings is 1. The fourth-order valence-corrected chi connectivity index (χ4v) is 3.68. The Morgan fingerprint density at radius 1 is 1.30 bits per heavy atom. The topological polar surface area (TPSA) is 95.9 Å². The number of carbonyl (C=O) groups is 1. The number of ether oxygens (including phenoxy) is 1. The molecular formula is C15H18ClF3N2O5S. The summed E-state index contributed by atoms with van der Waals surface area (Å²) < 4.78 is 67.9. The van der Waals surface area contributed by atoms with Crippen molar-refractivity contribution in [1.29, 1.82) is 0 Å². The third-order valence-corrected chi connectivity index (χ3v) is 5.56. The second-order valence-corrected chi connectivity index (χ2v) is 8.53. The number of aliphatic hydroxyl groups is 1. The molecule has 152 valence electrons. The molecule has 12 heteroatoms. The summed E-state index contributed by atoms with van der Waals surface area (Å²) in [5.74, 6) is -1.74. The van der Waals surface area contributed by atoms with Crippen LogP contribution in [0, 0.1) is 0 Å². The monoisotopic (exact) mass is 430 g/mol. The number of hydrogen-bond acceptors (Lipinski definition) is 6. The predicted molar refractivity (Wildman–Crippen MR) is 92.9 cm³/mol. The molecule has 1 aliphatic rings. The Balaban J connectivity index is 2.49.